The van der Waals surface area contributed by atoms with Crippen LogP contribution in [-0.2, 0) is 4.79 Å². The molecule has 0 aromatic heterocycles. The van der Waals surface area contributed by atoms with E-state index in [2.05, 4.69) is 6.58 Å². The van der Waals surface area contributed by atoms with Crippen LogP contribution in [-0.4, -0.2) is 11.8 Å². The monoisotopic (exact) mass is 169 g/mol. The third-order valence-corrected chi connectivity index (χ3v) is 1.92. The number of Topliss-reactive ketones (excluding diaryl/α,β-unsaturated/α-hetero) is 1. The smallest absolute Gasteiger partial charge is 0.149 e. The Morgan fingerprint density at radius 1 is 1.58 bits per heavy atom. The van der Waals surface area contributed by atoms with Gasteiger partial charge in [0.25, 0.3) is 0 Å². The summed E-state index contributed by atoms with van der Waals surface area (Å²) in [6.07, 6.45) is 4.19. The van der Waals surface area contributed by atoms with Crippen LogP contribution < -0.4 is 5.73 Å². The summed E-state index contributed by atoms with van der Waals surface area (Å²) in [6.45, 7) is 7.53. The molecule has 0 radical (unpaired) electrons. The van der Waals surface area contributed by atoms with Gasteiger partial charge in [0.1, 0.15) is 5.78 Å². The molecule has 0 amide bonds. The third kappa shape index (κ3) is 4.29. The summed E-state index contributed by atoms with van der Waals surface area (Å²) in [7, 11) is 0. The highest BCUT2D eigenvalue weighted by Gasteiger charge is 2.15. The molecule has 0 aromatic rings. The van der Waals surface area contributed by atoms with E-state index in [1.54, 1.807) is 0 Å². The number of rotatable bonds is 6. The number of nitrogens with two attached hydrogens (primary N) is 1. The van der Waals surface area contributed by atoms with Crippen molar-refractivity contribution in [2.24, 2.45) is 11.7 Å². The van der Waals surface area contributed by atoms with Gasteiger partial charge in [0.15, 0.2) is 0 Å². The zero-order valence-electron chi connectivity index (χ0n) is 8.05. The minimum absolute atomic E-state index is 0.173. The zero-order chi connectivity index (χ0) is 9.56. The van der Waals surface area contributed by atoms with Gasteiger partial charge in [-0.05, 0) is 18.8 Å². The summed E-state index contributed by atoms with van der Waals surface area (Å²) in [5, 5.41) is 0. The Morgan fingerprint density at radius 3 is 2.58 bits per heavy atom. The SMILES string of the molecule is C=CCCCC(=O)C(N)C(C)C. The lowest BCUT2D eigenvalue weighted by Gasteiger charge is -2.13. The predicted octanol–water partition coefficient (Wildman–Crippen LogP) is 1.90. The first kappa shape index (κ1) is 11.4. The van der Waals surface area contributed by atoms with Gasteiger partial charge in [-0.1, -0.05) is 19.9 Å². The highest BCUT2D eigenvalue weighted by Crippen LogP contribution is 2.05. The number of carbonyl (C=O) groups is 1. The quantitative estimate of drug-likeness (QED) is 0.487. The fourth-order valence-corrected chi connectivity index (χ4v) is 0.959. The van der Waals surface area contributed by atoms with Gasteiger partial charge < -0.3 is 5.73 Å². The van der Waals surface area contributed by atoms with Gasteiger partial charge in [-0.2, -0.15) is 0 Å². The molecule has 2 nitrogen and oxygen atoms in total. The van der Waals surface area contributed by atoms with E-state index in [-0.39, 0.29) is 17.7 Å². The fraction of sp³-hybridized carbons (Fsp3) is 0.700. The molecule has 70 valence electrons. The third-order valence-electron chi connectivity index (χ3n) is 1.92. The van der Waals surface area contributed by atoms with E-state index in [0.29, 0.717) is 6.42 Å². The average molecular weight is 169 g/mol. The first-order valence-corrected chi connectivity index (χ1v) is 4.48. The molecule has 2 heteroatoms. The summed E-state index contributed by atoms with van der Waals surface area (Å²) in [5.41, 5.74) is 5.67. The summed E-state index contributed by atoms with van der Waals surface area (Å²) in [5.74, 6) is 0.424. The predicted molar refractivity (Wildman–Crippen MR) is 51.9 cm³/mol. The van der Waals surface area contributed by atoms with Gasteiger partial charge in [0, 0.05) is 6.42 Å². The molecule has 12 heavy (non-hydrogen) atoms. The van der Waals surface area contributed by atoms with E-state index in [1.165, 1.54) is 0 Å². The molecular weight excluding hydrogens is 150 g/mol. The standard InChI is InChI=1S/C10H19NO/c1-4-5-6-7-9(12)10(11)8(2)3/h4,8,10H,1,5-7,11H2,2-3H3. The first-order chi connectivity index (χ1) is 5.59. The molecule has 0 saturated carbocycles. The van der Waals surface area contributed by atoms with Crippen molar-refractivity contribution in [3.63, 3.8) is 0 Å². The Kier molecular flexibility index (Phi) is 5.64. The Morgan fingerprint density at radius 2 is 2.17 bits per heavy atom. The summed E-state index contributed by atoms with van der Waals surface area (Å²) in [4.78, 5) is 11.3. The van der Waals surface area contributed by atoms with Crippen LogP contribution in [0.25, 0.3) is 0 Å². The summed E-state index contributed by atoms with van der Waals surface area (Å²) < 4.78 is 0. The molecule has 0 aliphatic heterocycles. The number of carbonyl (C=O) groups excluding carboxylic acids is 1. The van der Waals surface area contributed by atoms with Crippen LogP contribution in [0.4, 0.5) is 0 Å². The second-order valence-electron chi connectivity index (χ2n) is 3.42. The van der Waals surface area contributed by atoms with E-state index in [1.807, 2.05) is 19.9 Å². The van der Waals surface area contributed by atoms with E-state index in [4.69, 9.17) is 5.73 Å². The van der Waals surface area contributed by atoms with E-state index >= 15 is 0 Å². The van der Waals surface area contributed by atoms with E-state index in [0.717, 1.165) is 12.8 Å². The van der Waals surface area contributed by atoms with Crippen molar-refractivity contribution < 1.29 is 4.79 Å². The van der Waals surface area contributed by atoms with E-state index < -0.39 is 0 Å². The topological polar surface area (TPSA) is 43.1 Å². The van der Waals surface area contributed by atoms with Crippen molar-refractivity contribution in [3.05, 3.63) is 12.7 Å². The minimum atomic E-state index is -0.283. The molecule has 0 saturated heterocycles. The molecule has 0 spiro atoms. The minimum Gasteiger partial charge on any atom is -0.321 e. The molecule has 0 bridgehead atoms. The Bertz CT molecular complexity index is 152. The van der Waals surface area contributed by atoms with Crippen LogP contribution in [0.5, 0.6) is 0 Å². The maximum atomic E-state index is 11.3. The van der Waals surface area contributed by atoms with Crippen LogP contribution >= 0.6 is 0 Å². The Hall–Kier alpha value is -0.630. The van der Waals surface area contributed by atoms with Gasteiger partial charge in [-0.25, -0.2) is 0 Å². The van der Waals surface area contributed by atoms with Crippen LogP contribution in [0.1, 0.15) is 33.1 Å². The summed E-state index contributed by atoms with van der Waals surface area (Å²) >= 11 is 0. The highest BCUT2D eigenvalue weighted by molar-refractivity contribution is 5.83. The van der Waals surface area contributed by atoms with Gasteiger partial charge in [-0.3, -0.25) is 4.79 Å². The van der Waals surface area contributed by atoms with Gasteiger partial charge >= 0.3 is 0 Å². The summed E-state index contributed by atoms with van der Waals surface area (Å²) in [6, 6.07) is -0.283. The Balaban J connectivity index is 3.64. The van der Waals surface area contributed by atoms with Crippen molar-refractivity contribution in [2.75, 3.05) is 0 Å². The molecular formula is C10H19NO. The van der Waals surface area contributed by atoms with Crippen molar-refractivity contribution in [2.45, 2.75) is 39.2 Å². The number of ketones is 1. The molecule has 0 rings (SSSR count). The van der Waals surface area contributed by atoms with Crippen molar-refractivity contribution >= 4 is 5.78 Å². The number of unbranched alkanes of at least 4 members (excludes halogenated alkanes) is 1. The van der Waals surface area contributed by atoms with Gasteiger partial charge in [-0.15, -0.1) is 6.58 Å². The van der Waals surface area contributed by atoms with Gasteiger partial charge in [0.2, 0.25) is 0 Å². The molecule has 0 fully saturated rings. The van der Waals surface area contributed by atoms with Crippen molar-refractivity contribution in [1.29, 1.82) is 0 Å². The lowest BCUT2D eigenvalue weighted by atomic mass is 9.97. The van der Waals surface area contributed by atoms with Crippen LogP contribution in [0.15, 0.2) is 12.7 Å². The largest absolute Gasteiger partial charge is 0.321 e. The molecule has 1 atom stereocenters. The normalized spacial score (nSPS) is 13.0. The van der Waals surface area contributed by atoms with Crippen molar-refractivity contribution in [1.82, 2.24) is 0 Å². The average Bonchev–Trinajstić information content (AvgIpc) is 2.03. The second kappa shape index (κ2) is 5.95. The molecule has 2 N–H and O–H groups in total. The number of hydrogen-bond donors (Lipinski definition) is 1. The maximum absolute atomic E-state index is 11.3. The van der Waals surface area contributed by atoms with Crippen molar-refractivity contribution in [3.8, 4) is 0 Å². The maximum Gasteiger partial charge on any atom is 0.149 e. The molecule has 1 unspecified atom stereocenters. The Labute approximate surface area is 74.8 Å². The second-order valence-corrected chi connectivity index (χ2v) is 3.42. The first-order valence-electron chi connectivity index (χ1n) is 4.48. The molecule has 0 aliphatic rings. The molecule has 0 aliphatic carbocycles. The fourth-order valence-electron chi connectivity index (χ4n) is 0.959. The molecule has 0 heterocycles. The van der Waals surface area contributed by atoms with Gasteiger partial charge in [0.05, 0.1) is 6.04 Å². The van der Waals surface area contributed by atoms with Crippen LogP contribution in [0.3, 0.4) is 0 Å². The zero-order valence-corrected chi connectivity index (χ0v) is 8.05. The molecule has 0 aromatic carbocycles. The van der Waals surface area contributed by atoms with Crippen LogP contribution in [0.2, 0.25) is 0 Å². The van der Waals surface area contributed by atoms with E-state index in [9.17, 15) is 4.79 Å². The number of hydrogen-bond acceptors (Lipinski definition) is 2. The van der Waals surface area contributed by atoms with Crippen LogP contribution in [0, 0.1) is 5.92 Å². The number of allylic oxidation sites excluding steroid dienone is 1. The lowest BCUT2D eigenvalue weighted by Crippen LogP contribution is -2.35. The lowest BCUT2D eigenvalue weighted by molar-refractivity contribution is -0.121. The highest BCUT2D eigenvalue weighted by atomic mass is 16.1.